The molecule has 1 amide bonds. The Kier molecular flexibility index (Phi) is 4.16. The van der Waals surface area contributed by atoms with E-state index in [0.717, 1.165) is 32.5 Å². The van der Waals surface area contributed by atoms with E-state index in [1.54, 1.807) is 0 Å². The van der Waals surface area contributed by atoms with Gasteiger partial charge >= 0.3 is 0 Å². The van der Waals surface area contributed by atoms with Gasteiger partial charge in [-0.1, -0.05) is 12.8 Å². The standard InChI is InChI=1S/C18H31N3O/c19-17-13-4-3-5-14(17)11-15(10-13)18(22)21-9-8-20-7-2-1-6-16(20)12-21/h13-17H,1-12,19H2. The highest BCUT2D eigenvalue weighted by atomic mass is 16.2. The molecule has 4 rings (SSSR count). The fourth-order valence-electron chi connectivity index (χ4n) is 5.61. The summed E-state index contributed by atoms with van der Waals surface area (Å²) in [4.78, 5) is 17.8. The van der Waals surface area contributed by atoms with Gasteiger partial charge in [-0.25, -0.2) is 0 Å². The van der Waals surface area contributed by atoms with Gasteiger partial charge in [-0.05, 0) is 56.9 Å². The van der Waals surface area contributed by atoms with E-state index in [1.807, 2.05) is 0 Å². The molecule has 4 nitrogen and oxygen atoms in total. The van der Waals surface area contributed by atoms with Gasteiger partial charge in [0.1, 0.15) is 0 Å². The summed E-state index contributed by atoms with van der Waals surface area (Å²) in [6.07, 6.45) is 9.90. The van der Waals surface area contributed by atoms with Crippen molar-refractivity contribution in [3.63, 3.8) is 0 Å². The van der Waals surface area contributed by atoms with E-state index in [0.29, 0.717) is 29.8 Å². The van der Waals surface area contributed by atoms with Crippen LogP contribution in [0.2, 0.25) is 0 Å². The first-order chi connectivity index (χ1) is 10.7. The summed E-state index contributed by atoms with van der Waals surface area (Å²) < 4.78 is 0. The van der Waals surface area contributed by atoms with Gasteiger partial charge in [-0.15, -0.1) is 0 Å². The van der Waals surface area contributed by atoms with Crippen LogP contribution in [0.3, 0.4) is 0 Å². The number of piperazine rings is 1. The van der Waals surface area contributed by atoms with Crippen LogP contribution in [0.15, 0.2) is 0 Å². The van der Waals surface area contributed by atoms with Crippen molar-refractivity contribution in [1.82, 2.24) is 9.80 Å². The molecule has 4 aliphatic rings. The monoisotopic (exact) mass is 305 g/mol. The fourth-order valence-corrected chi connectivity index (χ4v) is 5.61. The maximum Gasteiger partial charge on any atom is 0.225 e. The molecule has 0 aromatic heterocycles. The van der Waals surface area contributed by atoms with Crippen molar-refractivity contribution in [3.8, 4) is 0 Å². The number of fused-ring (bicyclic) bond motifs is 3. The van der Waals surface area contributed by atoms with Crippen molar-refractivity contribution in [2.45, 2.75) is 63.5 Å². The van der Waals surface area contributed by atoms with E-state index >= 15 is 0 Å². The van der Waals surface area contributed by atoms with E-state index in [4.69, 9.17) is 5.73 Å². The Labute approximate surface area is 134 Å². The lowest BCUT2D eigenvalue weighted by atomic mass is 9.65. The topological polar surface area (TPSA) is 49.6 Å². The lowest BCUT2D eigenvalue weighted by Crippen LogP contribution is -2.58. The van der Waals surface area contributed by atoms with Gasteiger partial charge in [0.2, 0.25) is 5.91 Å². The minimum Gasteiger partial charge on any atom is -0.340 e. The highest BCUT2D eigenvalue weighted by molar-refractivity contribution is 5.79. The van der Waals surface area contributed by atoms with Crippen molar-refractivity contribution in [1.29, 1.82) is 0 Å². The van der Waals surface area contributed by atoms with Crippen LogP contribution in [-0.4, -0.2) is 54.0 Å². The van der Waals surface area contributed by atoms with Gasteiger partial charge < -0.3 is 10.6 Å². The summed E-state index contributed by atoms with van der Waals surface area (Å²) >= 11 is 0. The number of carbonyl (C=O) groups is 1. The lowest BCUT2D eigenvalue weighted by Gasteiger charge is -2.47. The van der Waals surface area contributed by atoms with E-state index < -0.39 is 0 Å². The third-order valence-corrected chi connectivity index (χ3v) is 6.91. The number of hydrogen-bond donors (Lipinski definition) is 1. The average Bonchev–Trinajstić information content (AvgIpc) is 2.53. The minimum absolute atomic E-state index is 0.269. The predicted octanol–water partition coefficient (Wildman–Crippen LogP) is 1.84. The van der Waals surface area contributed by atoms with Gasteiger partial charge in [0.25, 0.3) is 0 Å². The molecule has 0 radical (unpaired) electrons. The van der Waals surface area contributed by atoms with E-state index in [9.17, 15) is 4.79 Å². The highest BCUT2D eigenvalue weighted by Crippen LogP contribution is 2.42. The Hall–Kier alpha value is -0.610. The van der Waals surface area contributed by atoms with Crippen molar-refractivity contribution in [2.24, 2.45) is 23.5 Å². The molecule has 2 bridgehead atoms. The van der Waals surface area contributed by atoms with E-state index in [1.165, 1.54) is 45.1 Å². The molecule has 0 aromatic carbocycles. The molecule has 2 saturated heterocycles. The number of nitrogens with two attached hydrogens (primary N) is 1. The quantitative estimate of drug-likeness (QED) is 0.804. The van der Waals surface area contributed by atoms with Gasteiger partial charge in [-0.2, -0.15) is 0 Å². The third kappa shape index (κ3) is 2.69. The molecule has 2 saturated carbocycles. The van der Waals surface area contributed by atoms with Crippen molar-refractivity contribution in [3.05, 3.63) is 0 Å². The van der Waals surface area contributed by atoms with Crippen molar-refractivity contribution < 1.29 is 4.79 Å². The summed E-state index contributed by atoms with van der Waals surface area (Å²) in [5, 5.41) is 0. The second-order valence-electron chi connectivity index (χ2n) is 8.17. The Morgan fingerprint density at radius 2 is 1.68 bits per heavy atom. The molecule has 2 aliphatic carbocycles. The summed E-state index contributed by atoms with van der Waals surface area (Å²) in [6, 6.07) is 1.00. The van der Waals surface area contributed by atoms with Crippen LogP contribution in [-0.2, 0) is 4.79 Å². The maximum absolute atomic E-state index is 13.0. The largest absolute Gasteiger partial charge is 0.340 e. The van der Waals surface area contributed by atoms with Crippen LogP contribution in [0, 0.1) is 17.8 Å². The minimum atomic E-state index is 0.269. The molecule has 0 spiro atoms. The Morgan fingerprint density at radius 3 is 2.45 bits per heavy atom. The molecular weight excluding hydrogens is 274 g/mol. The van der Waals surface area contributed by atoms with Crippen LogP contribution in [0.4, 0.5) is 0 Å². The predicted molar refractivity (Wildman–Crippen MR) is 87.3 cm³/mol. The maximum atomic E-state index is 13.0. The normalized spacial score (nSPS) is 42.8. The van der Waals surface area contributed by atoms with Crippen LogP contribution in [0.1, 0.15) is 51.4 Å². The zero-order valence-electron chi connectivity index (χ0n) is 13.8. The molecule has 124 valence electrons. The SMILES string of the molecule is NC1C2CCCC1CC(C(=O)N1CCN3CCCCC3C1)C2. The van der Waals surface area contributed by atoms with Crippen LogP contribution in [0.5, 0.6) is 0 Å². The molecular formula is C18H31N3O. The van der Waals surface area contributed by atoms with Gasteiger partial charge in [0.05, 0.1) is 0 Å². The molecule has 4 fully saturated rings. The molecule has 2 aliphatic heterocycles. The second-order valence-corrected chi connectivity index (χ2v) is 8.17. The number of carbonyl (C=O) groups excluding carboxylic acids is 1. The second kappa shape index (κ2) is 6.12. The van der Waals surface area contributed by atoms with Crippen LogP contribution < -0.4 is 5.73 Å². The highest BCUT2D eigenvalue weighted by Gasteiger charge is 2.42. The molecule has 3 unspecified atom stereocenters. The zero-order chi connectivity index (χ0) is 15.1. The number of piperidine rings is 1. The Balaban J connectivity index is 1.39. The van der Waals surface area contributed by atoms with Crippen molar-refractivity contribution >= 4 is 5.91 Å². The summed E-state index contributed by atoms with van der Waals surface area (Å²) in [5.74, 6) is 1.94. The van der Waals surface area contributed by atoms with Crippen LogP contribution in [0.25, 0.3) is 0 Å². The molecule has 4 heteroatoms. The first kappa shape index (κ1) is 14.9. The number of amides is 1. The van der Waals surface area contributed by atoms with Crippen molar-refractivity contribution in [2.75, 3.05) is 26.2 Å². The smallest absolute Gasteiger partial charge is 0.225 e. The third-order valence-electron chi connectivity index (χ3n) is 6.91. The van der Waals surface area contributed by atoms with Gasteiger partial charge in [-0.3, -0.25) is 9.69 Å². The molecule has 0 aromatic rings. The Bertz CT molecular complexity index is 413. The molecule has 2 heterocycles. The summed E-state index contributed by atoms with van der Waals surface area (Å²) in [7, 11) is 0. The zero-order valence-corrected chi connectivity index (χ0v) is 13.8. The van der Waals surface area contributed by atoms with Crippen LogP contribution >= 0.6 is 0 Å². The summed E-state index contributed by atoms with van der Waals surface area (Å²) in [5.41, 5.74) is 6.38. The summed E-state index contributed by atoms with van der Waals surface area (Å²) in [6.45, 7) is 4.27. The van der Waals surface area contributed by atoms with Gasteiger partial charge in [0, 0.05) is 37.6 Å². The number of hydrogen-bond acceptors (Lipinski definition) is 3. The lowest BCUT2D eigenvalue weighted by molar-refractivity contribution is -0.142. The molecule has 2 N–H and O–H groups in total. The number of rotatable bonds is 1. The van der Waals surface area contributed by atoms with Gasteiger partial charge in [0.15, 0.2) is 0 Å². The average molecular weight is 305 g/mol. The Morgan fingerprint density at radius 1 is 0.909 bits per heavy atom. The van der Waals surface area contributed by atoms with E-state index in [-0.39, 0.29) is 5.92 Å². The molecule has 3 atom stereocenters. The first-order valence-electron chi connectivity index (χ1n) is 9.51. The fraction of sp³-hybridized carbons (Fsp3) is 0.944. The number of nitrogens with zero attached hydrogens (tertiary/aromatic N) is 2. The first-order valence-corrected chi connectivity index (χ1v) is 9.51. The van der Waals surface area contributed by atoms with E-state index in [2.05, 4.69) is 9.80 Å². The molecule has 22 heavy (non-hydrogen) atoms.